The van der Waals surface area contributed by atoms with Gasteiger partial charge in [0.25, 0.3) is 5.91 Å². The first-order valence-electron chi connectivity index (χ1n) is 4.93. The first kappa shape index (κ1) is 9.98. The van der Waals surface area contributed by atoms with Crippen LogP contribution < -0.4 is 5.32 Å². The van der Waals surface area contributed by atoms with Gasteiger partial charge in [0, 0.05) is 11.6 Å². The van der Waals surface area contributed by atoms with Gasteiger partial charge in [0.05, 0.1) is 6.10 Å². The third-order valence-electron chi connectivity index (χ3n) is 2.56. The van der Waals surface area contributed by atoms with E-state index in [2.05, 4.69) is 5.32 Å². The number of aliphatic hydroxyl groups excluding tert-OH is 1. The average Bonchev–Trinajstić information content (AvgIpc) is 2.15. The van der Waals surface area contributed by atoms with Crippen LogP contribution in [0.4, 0.5) is 0 Å². The van der Waals surface area contributed by atoms with E-state index in [1.165, 1.54) is 12.1 Å². The van der Waals surface area contributed by atoms with Crippen LogP contribution in [0.1, 0.15) is 23.2 Å². The van der Waals surface area contributed by atoms with E-state index in [4.69, 9.17) is 5.11 Å². The Morgan fingerprint density at radius 1 is 1.40 bits per heavy atom. The second-order valence-electron chi connectivity index (χ2n) is 3.85. The Morgan fingerprint density at radius 2 is 2.13 bits per heavy atom. The number of hydrogen-bond acceptors (Lipinski definition) is 3. The topological polar surface area (TPSA) is 69.6 Å². The predicted octanol–water partition coefficient (Wildman–Crippen LogP) is 0.645. The molecule has 0 atom stereocenters. The Hall–Kier alpha value is -1.55. The molecule has 1 saturated carbocycles. The molecule has 1 aliphatic rings. The van der Waals surface area contributed by atoms with E-state index in [1.54, 1.807) is 12.1 Å². The van der Waals surface area contributed by atoms with Gasteiger partial charge in [-0.25, -0.2) is 0 Å². The SMILES string of the molecule is O=C(NC1CC(O)C1)c1cccc(O)c1. The van der Waals surface area contributed by atoms with Gasteiger partial charge >= 0.3 is 0 Å². The Labute approximate surface area is 87.6 Å². The molecule has 1 fully saturated rings. The van der Waals surface area contributed by atoms with Crippen LogP contribution in [0.2, 0.25) is 0 Å². The Morgan fingerprint density at radius 3 is 2.73 bits per heavy atom. The summed E-state index contributed by atoms with van der Waals surface area (Å²) in [7, 11) is 0. The third-order valence-corrected chi connectivity index (χ3v) is 2.56. The summed E-state index contributed by atoms with van der Waals surface area (Å²) in [5.41, 5.74) is 0.441. The highest BCUT2D eigenvalue weighted by molar-refractivity contribution is 5.94. The van der Waals surface area contributed by atoms with Crippen molar-refractivity contribution in [2.24, 2.45) is 0 Å². The van der Waals surface area contributed by atoms with Crippen molar-refractivity contribution in [2.75, 3.05) is 0 Å². The fourth-order valence-corrected chi connectivity index (χ4v) is 1.62. The zero-order valence-corrected chi connectivity index (χ0v) is 8.18. The summed E-state index contributed by atoms with van der Waals surface area (Å²) in [6, 6.07) is 6.27. The average molecular weight is 207 g/mol. The quantitative estimate of drug-likeness (QED) is 0.666. The summed E-state index contributed by atoms with van der Waals surface area (Å²) < 4.78 is 0. The number of carbonyl (C=O) groups excluding carboxylic acids is 1. The van der Waals surface area contributed by atoms with Crippen molar-refractivity contribution in [3.05, 3.63) is 29.8 Å². The maximum Gasteiger partial charge on any atom is 0.251 e. The lowest BCUT2D eigenvalue weighted by atomic mass is 9.89. The molecule has 1 amide bonds. The molecule has 2 rings (SSSR count). The first-order valence-corrected chi connectivity index (χ1v) is 4.93. The molecule has 0 spiro atoms. The summed E-state index contributed by atoms with van der Waals surface area (Å²) >= 11 is 0. The molecule has 0 heterocycles. The van der Waals surface area contributed by atoms with Crippen molar-refractivity contribution in [1.29, 1.82) is 0 Å². The number of benzene rings is 1. The molecule has 4 nitrogen and oxygen atoms in total. The normalized spacial score (nSPS) is 24.3. The van der Waals surface area contributed by atoms with Gasteiger partial charge in [0.2, 0.25) is 0 Å². The first-order chi connectivity index (χ1) is 7.15. The molecular formula is C11H13NO3. The lowest BCUT2D eigenvalue weighted by Crippen LogP contribution is -2.46. The fourth-order valence-electron chi connectivity index (χ4n) is 1.62. The van der Waals surface area contributed by atoms with Crippen LogP contribution >= 0.6 is 0 Å². The number of carbonyl (C=O) groups is 1. The van der Waals surface area contributed by atoms with Crippen LogP contribution in [-0.2, 0) is 0 Å². The Kier molecular flexibility index (Phi) is 2.60. The number of aliphatic hydroxyl groups is 1. The molecule has 0 saturated heterocycles. The Bertz CT molecular complexity index is 372. The molecule has 0 aliphatic heterocycles. The minimum atomic E-state index is -0.278. The summed E-state index contributed by atoms with van der Waals surface area (Å²) in [4.78, 5) is 11.6. The maximum atomic E-state index is 11.6. The number of hydrogen-bond donors (Lipinski definition) is 3. The molecule has 0 unspecified atom stereocenters. The van der Waals surface area contributed by atoms with Crippen LogP contribution in [0.3, 0.4) is 0 Å². The van der Waals surface area contributed by atoms with Gasteiger partial charge in [-0.15, -0.1) is 0 Å². The number of rotatable bonds is 2. The lowest BCUT2D eigenvalue weighted by Gasteiger charge is -2.31. The number of aromatic hydroxyl groups is 1. The van der Waals surface area contributed by atoms with E-state index < -0.39 is 0 Å². The molecule has 0 bridgehead atoms. The van der Waals surface area contributed by atoms with E-state index in [0.717, 1.165) is 0 Å². The van der Waals surface area contributed by atoms with Crippen molar-refractivity contribution in [2.45, 2.75) is 25.0 Å². The van der Waals surface area contributed by atoms with E-state index in [-0.39, 0.29) is 23.8 Å². The smallest absolute Gasteiger partial charge is 0.251 e. The summed E-state index contributed by atoms with van der Waals surface area (Å²) in [5.74, 6) is -0.126. The van der Waals surface area contributed by atoms with Gasteiger partial charge in [-0.05, 0) is 31.0 Å². The van der Waals surface area contributed by atoms with Gasteiger partial charge < -0.3 is 15.5 Å². The third kappa shape index (κ3) is 2.27. The molecular weight excluding hydrogens is 194 g/mol. The van der Waals surface area contributed by atoms with Gasteiger partial charge in [0.15, 0.2) is 0 Å². The standard InChI is InChI=1S/C11H13NO3/c13-9-3-1-2-7(4-9)11(15)12-8-5-10(14)6-8/h1-4,8,10,13-14H,5-6H2,(H,12,15). The van der Waals surface area contributed by atoms with Crippen molar-refractivity contribution in [3.63, 3.8) is 0 Å². The zero-order valence-electron chi connectivity index (χ0n) is 8.18. The molecule has 1 aliphatic carbocycles. The number of nitrogens with one attached hydrogen (secondary N) is 1. The van der Waals surface area contributed by atoms with Crippen LogP contribution in [-0.4, -0.2) is 28.3 Å². The van der Waals surface area contributed by atoms with Crippen molar-refractivity contribution < 1.29 is 15.0 Å². The molecule has 1 aromatic carbocycles. The largest absolute Gasteiger partial charge is 0.508 e. The summed E-state index contributed by atoms with van der Waals surface area (Å²) in [6.45, 7) is 0. The van der Waals surface area contributed by atoms with Crippen LogP contribution in [0.25, 0.3) is 0 Å². The van der Waals surface area contributed by atoms with Gasteiger partial charge in [-0.2, -0.15) is 0 Å². The second kappa shape index (κ2) is 3.90. The van der Waals surface area contributed by atoms with Crippen LogP contribution in [0.15, 0.2) is 24.3 Å². The van der Waals surface area contributed by atoms with E-state index in [0.29, 0.717) is 18.4 Å². The van der Waals surface area contributed by atoms with Crippen LogP contribution in [0.5, 0.6) is 5.75 Å². The Balaban J connectivity index is 1.96. The van der Waals surface area contributed by atoms with E-state index >= 15 is 0 Å². The van der Waals surface area contributed by atoms with E-state index in [9.17, 15) is 9.90 Å². The molecule has 15 heavy (non-hydrogen) atoms. The monoisotopic (exact) mass is 207 g/mol. The second-order valence-corrected chi connectivity index (χ2v) is 3.85. The molecule has 4 heteroatoms. The minimum absolute atomic E-state index is 0.0647. The predicted molar refractivity (Wildman–Crippen MR) is 54.6 cm³/mol. The van der Waals surface area contributed by atoms with Gasteiger partial charge in [-0.1, -0.05) is 6.07 Å². The minimum Gasteiger partial charge on any atom is -0.508 e. The lowest BCUT2D eigenvalue weighted by molar-refractivity contribution is 0.0562. The summed E-state index contributed by atoms with van der Waals surface area (Å²) in [5, 5.41) is 21.0. The highest BCUT2D eigenvalue weighted by Gasteiger charge is 2.28. The van der Waals surface area contributed by atoms with E-state index in [1.807, 2.05) is 0 Å². The fraction of sp³-hybridized carbons (Fsp3) is 0.364. The highest BCUT2D eigenvalue weighted by atomic mass is 16.3. The highest BCUT2D eigenvalue weighted by Crippen LogP contribution is 2.20. The molecule has 1 aromatic rings. The van der Waals surface area contributed by atoms with Crippen molar-refractivity contribution >= 4 is 5.91 Å². The molecule has 80 valence electrons. The number of phenolic OH excluding ortho intramolecular Hbond substituents is 1. The molecule has 3 N–H and O–H groups in total. The van der Waals surface area contributed by atoms with Crippen molar-refractivity contribution in [3.8, 4) is 5.75 Å². The molecule has 0 aromatic heterocycles. The maximum absolute atomic E-state index is 11.6. The zero-order chi connectivity index (χ0) is 10.8. The number of amides is 1. The van der Waals surface area contributed by atoms with Crippen molar-refractivity contribution in [1.82, 2.24) is 5.32 Å². The van der Waals surface area contributed by atoms with Gasteiger partial charge in [-0.3, -0.25) is 4.79 Å². The van der Waals surface area contributed by atoms with Gasteiger partial charge in [0.1, 0.15) is 5.75 Å². The summed E-state index contributed by atoms with van der Waals surface area (Å²) in [6.07, 6.45) is 0.953. The number of phenols is 1. The van der Waals surface area contributed by atoms with Crippen LogP contribution in [0, 0.1) is 0 Å². The molecule has 0 radical (unpaired) electrons.